The summed E-state index contributed by atoms with van der Waals surface area (Å²) in [5.74, 6) is 1.04. The summed E-state index contributed by atoms with van der Waals surface area (Å²) >= 11 is 3.56. The van der Waals surface area contributed by atoms with E-state index < -0.39 is 0 Å². The summed E-state index contributed by atoms with van der Waals surface area (Å²) < 4.78 is 5.91. The van der Waals surface area contributed by atoms with Crippen LogP contribution in [0, 0.1) is 19.3 Å². The monoisotopic (exact) mass is 268 g/mol. The Bertz CT molecular complexity index is 356. The molecule has 1 aromatic carbocycles. The van der Waals surface area contributed by atoms with Crippen molar-refractivity contribution in [3.05, 3.63) is 29.3 Å². The Hall–Kier alpha value is -0.500. The van der Waals surface area contributed by atoms with Crippen molar-refractivity contribution in [2.45, 2.75) is 26.7 Å². The minimum atomic E-state index is 0.427. The minimum Gasteiger partial charge on any atom is -0.493 e. The highest BCUT2D eigenvalue weighted by Gasteiger charge is 2.42. The molecule has 1 aliphatic rings. The van der Waals surface area contributed by atoms with E-state index in [4.69, 9.17) is 4.74 Å². The zero-order valence-corrected chi connectivity index (χ0v) is 10.9. The lowest BCUT2D eigenvalue weighted by Gasteiger charge is -2.15. The number of aryl methyl sites for hydroxylation is 1. The third-order valence-corrected chi connectivity index (χ3v) is 4.52. The van der Waals surface area contributed by atoms with E-state index in [1.54, 1.807) is 0 Å². The number of hydrogen-bond acceptors (Lipinski definition) is 1. The Morgan fingerprint density at radius 1 is 1.33 bits per heavy atom. The van der Waals surface area contributed by atoms with Gasteiger partial charge in [0.2, 0.25) is 0 Å². The number of hydrogen-bond donors (Lipinski definition) is 0. The second kappa shape index (κ2) is 4.17. The normalized spacial score (nSPS) is 17.5. The molecule has 0 N–H and O–H groups in total. The Balaban J connectivity index is 2.02. The molecule has 2 rings (SSSR count). The highest BCUT2D eigenvalue weighted by molar-refractivity contribution is 9.09. The average Bonchev–Trinajstić information content (AvgIpc) is 3.01. The summed E-state index contributed by atoms with van der Waals surface area (Å²) in [6, 6.07) is 6.25. The Kier molecular flexibility index (Phi) is 3.06. The van der Waals surface area contributed by atoms with Gasteiger partial charge in [0.15, 0.2) is 0 Å². The molecular formula is C13H17BrO. The molecule has 0 spiro atoms. The zero-order chi connectivity index (χ0) is 10.9. The van der Waals surface area contributed by atoms with Gasteiger partial charge in [0, 0.05) is 10.7 Å². The van der Waals surface area contributed by atoms with Crippen molar-refractivity contribution in [3.8, 4) is 5.75 Å². The third kappa shape index (κ3) is 2.36. The SMILES string of the molecule is Cc1cccc(OCC2(CBr)CC2)c1C. The van der Waals surface area contributed by atoms with Crippen LogP contribution in [0.5, 0.6) is 5.75 Å². The van der Waals surface area contributed by atoms with E-state index in [0.717, 1.165) is 17.7 Å². The smallest absolute Gasteiger partial charge is 0.122 e. The van der Waals surface area contributed by atoms with Crippen molar-refractivity contribution in [2.75, 3.05) is 11.9 Å². The Labute approximate surface area is 100.0 Å². The van der Waals surface area contributed by atoms with Gasteiger partial charge < -0.3 is 4.74 Å². The first-order valence-electron chi connectivity index (χ1n) is 5.42. The van der Waals surface area contributed by atoms with E-state index in [1.807, 2.05) is 0 Å². The van der Waals surface area contributed by atoms with E-state index in [2.05, 4.69) is 48.0 Å². The van der Waals surface area contributed by atoms with Crippen LogP contribution in [0.2, 0.25) is 0 Å². The van der Waals surface area contributed by atoms with Gasteiger partial charge in [0.05, 0.1) is 6.61 Å². The summed E-state index contributed by atoms with van der Waals surface area (Å²) in [6.45, 7) is 5.10. The zero-order valence-electron chi connectivity index (χ0n) is 9.35. The first-order chi connectivity index (χ1) is 7.17. The number of ether oxygens (including phenoxy) is 1. The quantitative estimate of drug-likeness (QED) is 0.754. The van der Waals surface area contributed by atoms with Crippen molar-refractivity contribution in [3.63, 3.8) is 0 Å². The summed E-state index contributed by atoms with van der Waals surface area (Å²) in [6.07, 6.45) is 2.59. The molecule has 1 aromatic rings. The predicted molar refractivity (Wildman–Crippen MR) is 66.9 cm³/mol. The van der Waals surface area contributed by atoms with Crippen LogP contribution in [0.25, 0.3) is 0 Å². The van der Waals surface area contributed by atoms with Crippen LogP contribution >= 0.6 is 15.9 Å². The van der Waals surface area contributed by atoms with E-state index in [-0.39, 0.29) is 0 Å². The molecule has 82 valence electrons. The molecule has 0 heterocycles. The molecule has 0 unspecified atom stereocenters. The van der Waals surface area contributed by atoms with Crippen molar-refractivity contribution in [1.29, 1.82) is 0 Å². The van der Waals surface area contributed by atoms with E-state index in [1.165, 1.54) is 24.0 Å². The van der Waals surface area contributed by atoms with E-state index in [9.17, 15) is 0 Å². The highest BCUT2D eigenvalue weighted by Crippen LogP contribution is 2.47. The molecule has 0 amide bonds. The van der Waals surface area contributed by atoms with E-state index in [0.29, 0.717) is 5.41 Å². The number of benzene rings is 1. The first-order valence-corrected chi connectivity index (χ1v) is 6.54. The van der Waals surface area contributed by atoms with Crippen molar-refractivity contribution in [2.24, 2.45) is 5.41 Å². The Morgan fingerprint density at radius 2 is 2.07 bits per heavy atom. The molecule has 0 bridgehead atoms. The van der Waals surface area contributed by atoms with Gasteiger partial charge in [0.25, 0.3) is 0 Å². The van der Waals surface area contributed by atoms with Crippen LogP contribution in [-0.2, 0) is 0 Å². The summed E-state index contributed by atoms with van der Waals surface area (Å²) in [4.78, 5) is 0. The second-order valence-corrected chi connectivity index (χ2v) is 5.18. The Morgan fingerprint density at radius 3 is 2.67 bits per heavy atom. The highest BCUT2D eigenvalue weighted by atomic mass is 79.9. The summed E-state index contributed by atoms with van der Waals surface area (Å²) in [7, 11) is 0. The van der Waals surface area contributed by atoms with Crippen LogP contribution in [-0.4, -0.2) is 11.9 Å². The molecule has 0 saturated heterocycles. The third-order valence-electron chi connectivity index (χ3n) is 3.33. The molecule has 1 aliphatic carbocycles. The van der Waals surface area contributed by atoms with Crippen LogP contribution in [0.4, 0.5) is 0 Å². The van der Waals surface area contributed by atoms with Gasteiger partial charge in [-0.1, -0.05) is 28.1 Å². The van der Waals surface area contributed by atoms with Gasteiger partial charge in [-0.05, 0) is 43.9 Å². The first kappa shape index (κ1) is 11.0. The average molecular weight is 269 g/mol. The van der Waals surface area contributed by atoms with Crippen molar-refractivity contribution < 1.29 is 4.74 Å². The molecule has 0 aliphatic heterocycles. The van der Waals surface area contributed by atoms with E-state index >= 15 is 0 Å². The maximum atomic E-state index is 5.91. The maximum absolute atomic E-state index is 5.91. The lowest BCUT2D eigenvalue weighted by atomic mass is 10.1. The molecule has 0 atom stereocenters. The molecular weight excluding hydrogens is 252 g/mol. The summed E-state index contributed by atoms with van der Waals surface area (Å²) in [5.41, 5.74) is 3.00. The van der Waals surface area contributed by atoms with Crippen LogP contribution in [0.1, 0.15) is 24.0 Å². The second-order valence-electron chi connectivity index (χ2n) is 4.62. The topological polar surface area (TPSA) is 9.23 Å². The van der Waals surface area contributed by atoms with Gasteiger partial charge in [-0.25, -0.2) is 0 Å². The fourth-order valence-corrected chi connectivity index (χ4v) is 2.33. The largest absolute Gasteiger partial charge is 0.493 e. The molecule has 0 radical (unpaired) electrons. The molecule has 1 saturated carbocycles. The maximum Gasteiger partial charge on any atom is 0.122 e. The number of alkyl halides is 1. The summed E-state index contributed by atoms with van der Waals surface area (Å²) in [5, 5.41) is 1.06. The lowest BCUT2D eigenvalue weighted by Crippen LogP contribution is -2.14. The van der Waals surface area contributed by atoms with Crippen molar-refractivity contribution in [1.82, 2.24) is 0 Å². The van der Waals surface area contributed by atoms with Crippen LogP contribution in [0.15, 0.2) is 18.2 Å². The predicted octanol–water partition coefficient (Wildman–Crippen LogP) is 3.86. The lowest BCUT2D eigenvalue weighted by molar-refractivity contribution is 0.249. The van der Waals surface area contributed by atoms with Gasteiger partial charge >= 0.3 is 0 Å². The van der Waals surface area contributed by atoms with Crippen molar-refractivity contribution >= 4 is 15.9 Å². The van der Waals surface area contributed by atoms with Crippen LogP contribution in [0.3, 0.4) is 0 Å². The van der Waals surface area contributed by atoms with Gasteiger partial charge in [-0.2, -0.15) is 0 Å². The molecule has 0 aromatic heterocycles. The van der Waals surface area contributed by atoms with Crippen LogP contribution < -0.4 is 4.74 Å². The number of halogens is 1. The standard InChI is InChI=1S/C13H17BrO/c1-10-4-3-5-12(11(10)2)15-9-13(8-14)6-7-13/h3-5H,6-9H2,1-2H3. The molecule has 1 fully saturated rings. The fourth-order valence-electron chi connectivity index (χ4n) is 1.60. The number of rotatable bonds is 4. The molecule has 15 heavy (non-hydrogen) atoms. The van der Waals surface area contributed by atoms with Gasteiger partial charge in [0.1, 0.15) is 5.75 Å². The fraction of sp³-hybridized carbons (Fsp3) is 0.538. The van der Waals surface area contributed by atoms with Gasteiger partial charge in [-0.3, -0.25) is 0 Å². The van der Waals surface area contributed by atoms with Gasteiger partial charge in [-0.15, -0.1) is 0 Å². The molecule has 1 nitrogen and oxygen atoms in total. The minimum absolute atomic E-state index is 0.427. The molecule has 2 heteroatoms.